The molecule has 0 atom stereocenters. The Hall–Kier alpha value is -1.14. The molecule has 1 aliphatic rings. The molecular formula is C10H17ClN4O2. The molecular weight excluding hydrogens is 244 g/mol. The first-order chi connectivity index (χ1) is 7.61. The lowest BCUT2D eigenvalue weighted by Crippen LogP contribution is -2.30. The fourth-order valence-electron chi connectivity index (χ4n) is 2.33. The number of nitro groups is 1. The van der Waals surface area contributed by atoms with E-state index >= 15 is 0 Å². The van der Waals surface area contributed by atoms with E-state index in [9.17, 15) is 10.1 Å². The largest absolute Gasteiger partial charge is 0.317 e. The minimum atomic E-state index is -0.338. The van der Waals surface area contributed by atoms with Gasteiger partial charge in [-0.2, -0.15) is 5.10 Å². The molecule has 0 bridgehead atoms. The average molecular weight is 261 g/mol. The van der Waals surface area contributed by atoms with Crippen LogP contribution in [-0.2, 0) is 0 Å². The van der Waals surface area contributed by atoms with Crippen molar-refractivity contribution in [1.82, 2.24) is 15.1 Å². The van der Waals surface area contributed by atoms with Gasteiger partial charge >= 0.3 is 5.69 Å². The standard InChI is InChI=1S/C10H16N4O2.ClH/c1-7-10(14(15)16)8(2)13(12-7)9-3-5-11-6-4-9;/h9,11H,3-6H2,1-2H3;1H. The van der Waals surface area contributed by atoms with Crippen molar-refractivity contribution >= 4 is 18.1 Å². The van der Waals surface area contributed by atoms with Crippen LogP contribution in [0.15, 0.2) is 0 Å². The first-order valence-electron chi connectivity index (χ1n) is 5.52. The van der Waals surface area contributed by atoms with Crippen LogP contribution in [0, 0.1) is 24.0 Å². The number of piperidine rings is 1. The van der Waals surface area contributed by atoms with Gasteiger partial charge < -0.3 is 5.32 Å². The van der Waals surface area contributed by atoms with Gasteiger partial charge in [-0.15, -0.1) is 12.4 Å². The fraction of sp³-hybridized carbons (Fsp3) is 0.700. The molecule has 1 aliphatic heterocycles. The number of aryl methyl sites for hydroxylation is 1. The first-order valence-corrected chi connectivity index (χ1v) is 5.52. The Kier molecular flexibility index (Phi) is 4.47. The highest BCUT2D eigenvalue weighted by molar-refractivity contribution is 5.85. The Morgan fingerprint density at radius 1 is 1.41 bits per heavy atom. The average Bonchev–Trinajstić information content (AvgIpc) is 2.55. The fourth-order valence-corrected chi connectivity index (χ4v) is 2.33. The molecule has 0 spiro atoms. The third-order valence-electron chi connectivity index (χ3n) is 3.12. The predicted molar refractivity (Wildman–Crippen MR) is 66.7 cm³/mol. The second-order valence-corrected chi connectivity index (χ2v) is 4.20. The summed E-state index contributed by atoms with van der Waals surface area (Å²) in [5.74, 6) is 0. The van der Waals surface area contributed by atoms with E-state index in [2.05, 4.69) is 10.4 Å². The van der Waals surface area contributed by atoms with E-state index in [-0.39, 0.29) is 23.0 Å². The Morgan fingerprint density at radius 2 is 2.00 bits per heavy atom. The lowest BCUT2D eigenvalue weighted by Gasteiger charge is -2.23. The molecule has 0 radical (unpaired) electrons. The molecule has 6 nitrogen and oxygen atoms in total. The molecule has 0 saturated carbocycles. The van der Waals surface area contributed by atoms with E-state index in [4.69, 9.17) is 0 Å². The third kappa shape index (κ3) is 2.58. The molecule has 1 aromatic rings. The monoisotopic (exact) mass is 260 g/mol. The van der Waals surface area contributed by atoms with Crippen molar-refractivity contribution in [2.24, 2.45) is 0 Å². The number of nitrogens with zero attached hydrogens (tertiary/aromatic N) is 3. The van der Waals surface area contributed by atoms with E-state index < -0.39 is 0 Å². The summed E-state index contributed by atoms with van der Waals surface area (Å²) >= 11 is 0. The van der Waals surface area contributed by atoms with Gasteiger partial charge in [-0.1, -0.05) is 0 Å². The van der Waals surface area contributed by atoms with Gasteiger partial charge in [0.1, 0.15) is 11.4 Å². The van der Waals surface area contributed by atoms with Crippen molar-refractivity contribution in [3.05, 3.63) is 21.5 Å². The SMILES string of the molecule is Cc1nn(C2CCNCC2)c(C)c1[N+](=O)[O-].Cl. The molecule has 0 unspecified atom stereocenters. The highest BCUT2D eigenvalue weighted by Crippen LogP contribution is 2.27. The molecule has 17 heavy (non-hydrogen) atoms. The molecule has 96 valence electrons. The van der Waals surface area contributed by atoms with Crippen LogP contribution in [0.4, 0.5) is 5.69 Å². The molecule has 1 aromatic heterocycles. The zero-order valence-corrected chi connectivity index (χ0v) is 10.8. The number of aromatic nitrogens is 2. The summed E-state index contributed by atoms with van der Waals surface area (Å²) in [6, 6.07) is 0.300. The predicted octanol–water partition coefficient (Wildman–Crippen LogP) is 1.75. The molecule has 0 amide bonds. The zero-order valence-electron chi connectivity index (χ0n) is 9.97. The zero-order chi connectivity index (χ0) is 11.7. The van der Waals surface area contributed by atoms with E-state index in [1.807, 2.05) is 4.68 Å². The molecule has 1 N–H and O–H groups in total. The molecule has 1 fully saturated rings. The number of hydrogen-bond donors (Lipinski definition) is 1. The van der Waals surface area contributed by atoms with Crippen molar-refractivity contribution in [3.63, 3.8) is 0 Å². The highest BCUT2D eigenvalue weighted by atomic mass is 35.5. The second-order valence-electron chi connectivity index (χ2n) is 4.20. The topological polar surface area (TPSA) is 73.0 Å². The number of hydrogen-bond acceptors (Lipinski definition) is 4. The molecule has 0 aliphatic carbocycles. The summed E-state index contributed by atoms with van der Waals surface area (Å²) < 4.78 is 1.83. The van der Waals surface area contributed by atoms with Crippen LogP contribution in [0.2, 0.25) is 0 Å². The normalized spacial score (nSPS) is 16.6. The lowest BCUT2D eigenvalue weighted by atomic mass is 10.1. The van der Waals surface area contributed by atoms with Crippen molar-refractivity contribution < 1.29 is 4.92 Å². The summed E-state index contributed by atoms with van der Waals surface area (Å²) in [6.07, 6.45) is 1.97. The molecule has 1 saturated heterocycles. The molecule has 0 aromatic carbocycles. The van der Waals surface area contributed by atoms with E-state index in [0.717, 1.165) is 25.9 Å². The van der Waals surface area contributed by atoms with E-state index in [1.165, 1.54) is 0 Å². The summed E-state index contributed by atoms with van der Waals surface area (Å²) in [4.78, 5) is 10.5. The van der Waals surface area contributed by atoms with Gasteiger partial charge in [0.25, 0.3) is 0 Å². The summed E-state index contributed by atoms with van der Waals surface area (Å²) in [5.41, 5.74) is 1.36. The van der Waals surface area contributed by atoms with Gasteiger partial charge in [0.05, 0.1) is 11.0 Å². The van der Waals surface area contributed by atoms with Crippen LogP contribution in [0.5, 0.6) is 0 Å². The van der Waals surface area contributed by atoms with Gasteiger partial charge in [-0.3, -0.25) is 14.8 Å². The van der Waals surface area contributed by atoms with E-state index in [1.54, 1.807) is 13.8 Å². The van der Waals surface area contributed by atoms with Gasteiger partial charge in [0.2, 0.25) is 0 Å². The van der Waals surface area contributed by atoms with Crippen molar-refractivity contribution in [3.8, 4) is 0 Å². The minimum Gasteiger partial charge on any atom is -0.317 e. The lowest BCUT2D eigenvalue weighted by molar-refractivity contribution is -0.386. The smallest absolute Gasteiger partial charge is 0.312 e. The Bertz CT molecular complexity index is 413. The number of halogens is 1. The Morgan fingerprint density at radius 3 is 2.47 bits per heavy atom. The maximum Gasteiger partial charge on any atom is 0.312 e. The van der Waals surface area contributed by atoms with Gasteiger partial charge in [0.15, 0.2) is 0 Å². The Balaban J connectivity index is 0.00000144. The summed E-state index contributed by atoms with van der Waals surface area (Å²) in [7, 11) is 0. The van der Waals surface area contributed by atoms with Gasteiger partial charge in [0, 0.05) is 0 Å². The van der Waals surface area contributed by atoms with Crippen LogP contribution in [-0.4, -0.2) is 27.8 Å². The quantitative estimate of drug-likeness (QED) is 0.650. The minimum absolute atomic E-state index is 0. The highest BCUT2D eigenvalue weighted by Gasteiger charge is 2.26. The van der Waals surface area contributed by atoms with Gasteiger partial charge in [-0.05, 0) is 39.8 Å². The number of nitrogens with one attached hydrogen (secondary N) is 1. The van der Waals surface area contributed by atoms with Gasteiger partial charge in [-0.25, -0.2) is 0 Å². The van der Waals surface area contributed by atoms with Crippen LogP contribution in [0.1, 0.15) is 30.3 Å². The first kappa shape index (κ1) is 13.9. The van der Waals surface area contributed by atoms with Crippen molar-refractivity contribution in [2.75, 3.05) is 13.1 Å². The second kappa shape index (κ2) is 5.46. The van der Waals surface area contributed by atoms with Crippen molar-refractivity contribution in [2.45, 2.75) is 32.7 Å². The summed E-state index contributed by atoms with van der Waals surface area (Å²) in [6.45, 7) is 5.39. The number of rotatable bonds is 2. The van der Waals surface area contributed by atoms with Crippen LogP contribution >= 0.6 is 12.4 Å². The molecule has 2 rings (SSSR count). The molecule has 2 heterocycles. The van der Waals surface area contributed by atoms with E-state index in [0.29, 0.717) is 17.4 Å². The maximum atomic E-state index is 10.9. The van der Waals surface area contributed by atoms with Crippen LogP contribution < -0.4 is 5.32 Å². The van der Waals surface area contributed by atoms with Crippen LogP contribution in [0.25, 0.3) is 0 Å². The molecule has 7 heteroatoms. The summed E-state index contributed by atoms with van der Waals surface area (Å²) in [5, 5.41) is 18.5. The Labute approximate surface area is 106 Å². The third-order valence-corrected chi connectivity index (χ3v) is 3.12. The maximum absolute atomic E-state index is 10.9. The van der Waals surface area contributed by atoms with Crippen molar-refractivity contribution in [1.29, 1.82) is 0 Å². The van der Waals surface area contributed by atoms with Crippen LogP contribution in [0.3, 0.4) is 0 Å².